The number of fused-ring (bicyclic) bond motifs is 7. The van der Waals surface area contributed by atoms with Gasteiger partial charge in [-0.15, -0.1) is 59.0 Å². The Morgan fingerprint density at radius 3 is 2.08 bits per heavy atom. The molecule has 0 spiro atoms. The van der Waals surface area contributed by atoms with Crippen LogP contribution in [0.4, 0.5) is 0 Å². The molecule has 8 aromatic carbocycles. The molecule has 0 atom stereocenters. The van der Waals surface area contributed by atoms with Gasteiger partial charge in [0, 0.05) is 38.4 Å². The minimum atomic E-state index is -0.570. The summed E-state index contributed by atoms with van der Waals surface area (Å²) >= 11 is 0. The van der Waals surface area contributed by atoms with E-state index in [4.69, 9.17) is 23.1 Å². The van der Waals surface area contributed by atoms with Gasteiger partial charge in [-0.2, -0.15) is 0 Å². The zero-order valence-corrected chi connectivity index (χ0v) is 36.9. The third-order valence-electron chi connectivity index (χ3n) is 11.7. The summed E-state index contributed by atoms with van der Waals surface area (Å²) in [5, 5.41) is 3.61. The number of nitrogens with zero attached hydrogens (tertiary/aromatic N) is 4. The van der Waals surface area contributed by atoms with E-state index >= 15 is 0 Å². The summed E-state index contributed by atoms with van der Waals surface area (Å²) in [6.45, 7) is 6.56. The molecule has 4 aromatic heterocycles. The van der Waals surface area contributed by atoms with Crippen LogP contribution in [0.2, 0.25) is 0 Å². The monoisotopic (exact) mass is 1010 g/mol. The van der Waals surface area contributed by atoms with Crippen molar-refractivity contribution in [2.75, 3.05) is 0 Å². The van der Waals surface area contributed by atoms with Gasteiger partial charge in [-0.25, -0.2) is 4.98 Å². The molecule has 310 valence electrons. The van der Waals surface area contributed by atoms with Crippen LogP contribution in [0.25, 0.3) is 105 Å². The number of rotatable bonds is 6. The van der Waals surface area contributed by atoms with Crippen LogP contribution in [-0.4, -0.2) is 14.1 Å². The zero-order valence-electron chi connectivity index (χ0n) is 44.6. The number of para-hydroxylation sites is 4. The number of hydrogen-bond acceptors (Lipinski definition) is 2. The molecule has 12 rings (SSSR count). The molecule has 0 radical (unpaired) electrons. The van der Waals surface area contributed by atoms with Gasteiger partial charge in [0.1, 0.15) is 5.82 Å². The molecule has 0 aliphatic rings. The summed E-state index contributed by atoms with van der Waals surface area (Å²) in [4.78, 5) is 4.88. The SMILES string of the molecule is [2H]c1c([2H])c([2H])c(-c2cccc(-c3c([2H])c([2H])c([2H])c([2H])c3[2H])c2-[n+]2[c-]n(-c3[c-]c4c(cc3)oc3cccc(-c5[c-]c6c(cc5)c5ccccc5n6-c5cc(C(C)(C)C)ccn5)c34)c3ccccc32)c([2H])c1[2H].[Pt]. The van der Waals surface area contributed by atoms with Crippen molar-refractivity contribution in [2.45, 2.75) is 26.2 Å². The molecular formula is C58H40N4OPt-2. The van der Waals surface area contributed by atoms with Crippen molar-refractivity contribution in [3.63, 3.8) is 0 Å². The number of pyridine rings is 1. The van der Waals surface area contributed by atoms with Crippen LogP contribution in [0.15, 0.2) is 192 Å². The van der Waals surface area contributed by atoms with Gasteiger partial charge >= 0.3 is 0 Å². The fourth-order valence-corrected chi connectivity index (χ4v) is 8.74. The smallest absolute Gasteiger partial charge is 0.268 e. The van der Waals surface area contributed by atoms with E-state index in [0.717, 1.165) is 49.7 Å². The Kier molecular flexibility index (Phi) is 7.23. The van der Waals surface area contributed by atoms with Crippen molar-refractivity contribution in [3.05, 3.63) is 212 Å². The van der Waals surface area contributed by atoms with E-state index in [1.807, 2.05) is 72.9 Å². The summed E-state index contributed by atoms with van der Waals surface area (Å²) in [5.74, 6) is 0.792. The van der Waals surface area contributed by atoms with Crippen LogP contribution < -0.4 is 4.57 Å². The topological polar surface area (TPSA) is 39.8 Å². The predicted molar refractivity (Wildman–Crippen MR) is 256 cm³/mol. The first-order valence-corrected chi connectivity index (χ1v) is 20.6. The summed E-state index contributed by atoms with van der Waals surface area (Å²) < 4.78 is 99.5. The molecule has 0 bridgehead atoms. The number of aromatic nitrogens is 4. The second-order valence-corrected chi connectivity index (χ2v) is 16.5. The second kappa shape index (κ2) is 15.5. The Morgan fingerprint density at radius 1 is 0.641 bits per heavy atom. The normalized spacial score (nSPS) is 14.0. The molecule has 5 nitrogen and oxygen atoms in total. The summed E-state index contributed by atoms with van der Waals surface area (Å²) in [5.41, 5.74) is 7.80. The first-order valence-electron chi connectivity index (χ1n) is 25.6. The molecule has 0 N–H and O–H groups in total. The molecule has 0 aliphatic heterocycles. The maximum absolute atomic E-state index is 9.06. The van der Waals surface area contributed by atoms with Gasteiger partial charge in [0.05, 0.1) is 36.0 Å². The van der Waals surface area contributed by atoms with Gasteiger partial charge in [0.15, 0.2) is 0 Å². The van der Waals surface area contributed by atoms with E-state index in [0.29, 0.717) is 33.3 Å². The fourth-order valence-electron chi connectivity index (χ4n) is 8.74. The van der Waals surface area contributed by atoms with E-state index in [1.54, 1.807) is 27.3 Å². The van der Waals surface area contributed by atoms with Gasteiger partial charge in [-0.05, 0) is 74.1 Å². The van der Waals surface area contributed by atoms with Crippen LogP contribution in [0.5, 0.6) is 0 Å². The fraction of sp³-hybridized carbons (Fsp3) is 0.0690. The van der Waals surface area contributed by atoms with E-state index in [2.05, 4.69) is 80.2 Å². The van der Waals surface area contributed by atoms with Crippen LogP contribution >= 0.6 is 0 Å². The van der Waals surface area contributed by atoms with Crippen LogP contribution in [0.1, 0.15) is 40.0 Å². The predicted octanol–water partition coefficient (Wildman–Crippen LogP) is 14.0. The third-order valence-corrected chi connectivity index (χ3v) is 11.7. The number of hydrogen-bond donors (Lipinski definition) is 0. The van der Waals surface area contributed by atoms with Crippen LogP contribution in [0.3, 0.4) is 0 Å². The molecule has 0 saturated carbocycles. The van der Waals surface area contributed by atoms with E-state index < -0.39 is 60.4 Å². The Hall–Kier alpha value is -7.33. The Morgan fingerprint density at radius 2 is 1.33 bits per heavy atom. The van der Waals surface area contributed by atoms with Crippen molar-refractivity contribution < 1.29 is 43.8 Å². The molecule has 0 saturated heterocycles. The molecule has 4 heterocycles. The van der Waals surface area contributed by atoms with E-state index in [-0.39, 0.29) is 54.4 Å². The molecule has 6 heteroatoms. The van der Waals surface area contributed by atoms with E-state index in [1.165, 1.54) is 0 Å². The molecule has 0 unspecified atom stereocenters. The van der Waals surface area contributed by atoms with Gasteiger partial charge in [0.2, 0.25) is 0 Å². The Balaban J connectivity index is 0.00000588. The molecule has 12 aromatic rings. The molecular weight excluding hydrogens is 964 g/mol. The zero-order chi connectivity index (χ0) is 50.9. The minimum absolute atomic E-state index is 0. The second-order valence-electron chi connectivity index (χ2n) is 16.5. The number of benzene rings is 8. The molecule has 0 fully saturated rings. The van der Waals surface area contributed by atoms with Crippen LogP contribution in [0, 0.1) is 18.5 Å². The molecule has 64 heavy (non-hydrogen) atoms. The first kappa shape index (κ1) is 29.9. The van der Waals surface area contributed by atoms with Gasteiger partial charge in [-0.3, -0.25) is 4.57 Å². The average molecular weight is 1010 g/mol. The largest absolute Gasteiger partial charge is 0.511 e. The quantitative estimate of drug-likeness (QED) is 0.123. The van der Waals surface area contributed by atoms with Crippen LogP contribution in [-0.2, 0) is 26.5 Å². The first-order chi connectivity index (χ1) is 35.0. The average Bonchev–Trinajstić information content (AvgIpc) is 4.08. The third kappa shape index (κ3) is 6.42. The minimum Gasteiger partial charge on any atom is -0.511 e. The van der Waals surface area contributed by atoms with Gasteiger partial charge < -0.3 is 13.6 Å². The molecule has 0 amide bonds. The van der Waals surface area contributed by atoms with Crippen molar-refractivity contribution in [3.8, 4) is 50.6 Å². The Labute approximate surface area is 399 Å². The maximum atomic E-state index is 9.06. The van der Waals surface area contributed by atoms with Gasteiger partial charge in [0.25, 0.3) is 6.33 Å². The summed E-state index contributed by atoms with van der Waals surface area (Å²) in [6, 6.07) is 40.7. The van der Waals surface area contributed by atoms with Crippen molar-refractivity contribution >= 4 is 54.8 Å². The van der Waals surface area contributed by atoms with E-state index in [9.17, 15) is 0 Å². The standard InChI is InChI=1S/C58H40N4O.Pt/c1-58(2,3)41-32-33-59-55(35-41)62-49-24-11-10-20-46(49)47-30-28-40(34-52(47)62)43-21-15-27-54-56(43)48-36-42(29-31-53(48)63-54)60-37-61(51-26-13-12-25-50(51)60)57-44(38-16-6-4-7-17-38)22-14-23-45(57)39-18-8-5-9-19-39;/h4-33,35H,1-3H3;/q-2;/i4D,5D,6D,7D,8D,9D,16D,17D,18D,19D;. The van der Waals surface area contributed by atoms with Crippen molar-refractivity contribution in [1.82, 2.24) is 14.1 Å². The maximum Gasteiger partial charge on any atom is 0.268 e. The van der Waals surface area contributed by atoms with Crippen molar-refractivity contribution in [2.24, 2.45) is 0 Å². The molecule has 0 aliphatic carbocycles. The van der Waals surface area contributed by atoms with Gasteiger partial charge in [-0.1, -0.05) is 159 Å². The summed E-state index contributed by atoms with van der Waals surface area (Å²) in [7, 11) is 0. The Bertz CT molecular complexity index is 4200. The summed E-state index contributed by atoms with van der Waals surface area (Å²) in [6.07, 6.45) is 5.33. The van der Waals surface area contributed by atoms with Crippen molar-refractivity contribution in [1.29, 1.82) is 0 Å². The number of imidazole rings is 1. The number of furan rings is 1.